The summed E-state index contributed by atoms with van der Waals surface area (Å²) in [6, 6.07) is 10.9. The molecule has 0 bridgehead atoms. The van der Waals surface area contributed by atoms with Crippen LogP contribution in [0.15, 0.2) is 59.6 Å². The summed E-state index contributed by atoms with van der Waals surface area (Å²) >= 11 is 0. The molecule has 0 aliphatic carbocycles. The third-order valence-electron chi connectivity index (χ3n) is 4.42. The molecule has 2 aromatic heterocycles. The fourth-order valence-corrected chi connectivity index (χ4v) is 3.97. The zero-order valence-corrected chi connectivity index (χ0v) is 16.8. The summed E-state index contributed by atoms with van der Waals surface area (Å²) in [7, 11) is -0.393. The number of hydrogen-bond acceptors (Lipinski definition) is 5. The van der Waals surface area contributed by atoms with Gasteiger partial charge in [0, 0.05) is 36.9 Å². The van der Waals surface area contributed by atoms with Crippen molar-refractivity contribution in [3.8, 4) is 11.3 Å². The van der Waals surface area contributed by atoms with Crippen LogP contribution in [0.25, 0.3) is 22.3 Å². The molecule has 0 amide bonds. The van der Waals surface area contributed by atoms with E-state index in [2.05, 4.69) is 19.7 Å². The van der Waals surface area contributed by atoms with Gasteiger partial charge >= 0.3 is 0 Å². The molecule has 154 valence electrons. The highest BCUT2D eigenvalue weighted by Crippen LogP contribution is 2.29. The summed E-state index contributed by atoms with van der Waals surface area (Å²) in [5.41, 5.74) is 2.42. The van der Waals surface area contributed by atoms with Crippen LogP contribution >= 0.6 is 0 Å². The van der Waals surface area contributed by atoms with Crippen molar-refractivity contribution in [3.05, 3.63) is 66.4 Å². The molecule has 10 heteroatoms. The molecule has 0 radical (unpaired) electrons. The zero-order chi connectivity index (χ0) is 21.5. The number of nitrogens with one attached hydrogen (secondary N) is 2. The topological polar surface area (TPSA) is 91.0 Å². The highest BCUT2D eigenvalue weighted by molar-refractivity contribution is 7.92. The minimum Gasteiger partial charge on any atom is -0.347 e. The van der Waals surface area contributed by atoms with E-state index in [0.717, 1.165) is 23.1 Å². The first-order valence-electron chi connectivity index (χ1n) is 8.85. The predicted molar refractivity (Wildman–Crippen MR) is 111 cm³/mol. The molecule has 4 rings (SSSR count). The fraction of sp³-hybridized carbons (Fsp3) is 0.100. The third-order valence-corrected chi connectivity index (χ3v) is 5.79. The van der Waals surface area contributed by atoms with E-state index in [0.29, 0.717) is 23.4 Å². The van der Waals surface area contributed by atoms with Gasteiger partial charge in [0.05, 0.1) is 10.6 Å². The van der Waals surface area contributed by atoms with E-state index in [1.165, 1.54) is 0 Å². The van der Waals surface area contributed by atoms with Crippen LogP contribution in [-0.2, 0) is 10.0 Å². The highest BCUT2D eigenvalue weighted by Gasteiger charge is 2.17. The summed E-state index contributed by atoms with van der Waals surface area (Å²) in [4.78, 5) is 13.5. The molecule has 0 aliphatic heterocycles. The van der Waals surface area contributed by atoms with Crippen LogP contribution < -0.4 is 9.62 Å². The van der Waals surface area contributed by atoms with Gasteiger partial charge in [-0.1, -0.05) is 12.1 Å². The number of anilines is 2. The third kappa shape index (κ3) is 3.69. The van der Waals surface area contributed by atoms with Gasteiger partial charge in [-0.3, -0.25) is 4.72 Å². The van der Waals surface area contributed by atoms with Crippen molar-refractivity contribution in [1.82, 2.24) is 15.0 Å². The Bertz CT molecular complexity index is 1340. The number of aromatic nitrogens is 3. The second-order valence-electron chi connectivity index (χ2n) is 6.77. The van der Waals surface area contributed by atoms with Gasteiger partial charge in [-0.05, 0) is 36.4 Å². The standard InChI is InChI=1S/C20H17F2N5O2S/c1-27(2)20-24-18(15-9-10-23-19(15)25-20)12-3-5-13(6-4-12)26-30(28,29)14-7-8-16(21)17(22)11-14/h3-11,26H,1-2H3,(H,23,24,25). The van der Waals surface area contributed by atoms with Gasteiger partial charge in [0.2, 0.25) is 5.95 Å². The van der Waals surface area contributed by atoms with E-state index in [1.807, 2.05) is 20.2 Å². The minimum absolute atomic E-state index is 0.274. The Morgan fingerprint density at radius 2 is 1.70 bits per heavy atom. The first-order chi connectivity index (χ1) is 14.2. The van der Waals surface area contributed by atoms with Crippen LogP contribution in [0.3, 0.4) is 0 Å². The Kier molecular flexibility index (Phi) is 4.86. The number of sulfonamides is 1. The van der Waals surface area contributed by atoms with Crippen molar-refractivity contribution < 1.29 is 17.2 Å². The molecule has 0 saturated carbocycles. The lowest BCUT2D eigenvalue weighted by molar-refractivity contribution is 0.504. The first kappa shape index (κ1) is 19.8. The lowest BCUT2D eigenvalue weighted by Crippen LogP contribution is -2.13. The molecule has 4 aromatic rings. The Morgan fingerprint density at radius 3 is 2.37 bits per heavy atom. The van der Waals surface area contributed by atoms with Crippen molar-refractivity contribution in [2.75, 3.05) is 23.7 Å². The van der Waals surface area contributed by atoms with Gasteiger partial charge in [-0.25, -0.2) is 22.2 Å². The summed E-state index contributed by atoms with van der Waals surface area (Å²) in [6.07, 6.45) is 1.77. The van der Waals surface area contributed by atoms with Crippen molar-refractivity contribution in [1.29, 1.82) is 0 Å². The highest BCUT2D eigenvalue weighted by atomic mass is 32.2. The fourth-order valence-electron chi connectivity index (χ4n) is 2.90. The maximum Gasteiger partial charge on any atom is 0.261 e. The van der Waals surface area contributed by atoms with Crippen molar-refractivity contribution in [3.63, 3.8) is 0 Å². The summed E-state index contributed by atoms with van der Waals surface area (Å²) in [5.74, 6) is -1.82. The number of fused-ring (bicyclic) bond motifs is 1. The average Bonchev–Trinajstić information content (AvgIpc) is 3.18. The summed E-state index contributed by atoms with van der Waals surface area (Å²) in [5, 5.41) is 0.829. The van der Waals surface area contributed by atoms with E-state index in [1.54, 1.807) is 35.4 Å². The van der Waals surface area contributed by atoms with Gasteiger partial charge < -0.3 is 9.88 Å². The molecule has 2 N–H and O–H groups in total. The van der Waals surface area contributed by atoms with Crippen LogP contribution in [0, 0.1) is 11.6 Å². The molecule has 0 unspecified atom stereocenters. The van der Waals surface area contributed by atoms with Crippen molar-refractivity contribution in [2.45, 2.75) is 4.90 Å². The lowest BCUT2D eigenvalue weighted by atomic mass is 10.1. The van der Waals surface area contributed by atoms with E-state index < -0.39 is 21.7 Å². The van der Waals surface area contributed by atoms with Gasteiger partial charge in [0.15, 0.2) is 11.6 Å². The van der Waals surface area contributed by atoms with Crippen LogP contribution in [0.4, 0.5) is 20.4 Å². The summed E-state index contributed by atoms with van der Waals surface area (Å²) < 4.78 is 53.7. The van der Waals surface area contributed by atoms with E-state index in [-0.39, 0.29) is 10.6 Å². The number of halogens is 2. The molecule has 2 heterocycles. The molecule has 30 heavy (non-hydrogen) atoms. The number of hydrogen-bond donors (Lipinski definition) is 2. The van der Waals surface area contributed by atoms with Crippen molar-refractivity contribution in [2.24, 2.45) is 0 Å². The quantitative estimate of drug-likeness (QED) is 0.504. The Morgan fingerprint density at radius 1 is 0.967 bits per heavy atom. The van der Waals surface area contributed by atoms with E-state index >= 15 is 0 Å². The average molecular weight is 429 g/mol. The summed E-state index contributed by atoms with van der Waals surface area (Å²) in [6.45, 7) is 0. The smallest absolute Gasteiger partial charge is 0.261 e. The number of rotatable bonds is 5. The molecule has 2 aromatic carbocycles. The molecule has 0 aliphatic rings. The second kappa shape index (κ2) is 7.38. The lowest BCUT2D eigenvalue weighted by Gasteiger charge is -2.13. The molecule has 0 saturated heterocycles. The van der Waals surface area contributed by atoms with E-state index in [9.17, 15) is 17.2 Å². The number of H-pyrrole nitrogens is 1. The van der Waals surface area contributed by atoms with Gasteiger partial charge in [0.25, 0.3) is 10.0 Å². The monoisotopic (exact) mass is 429 g/mol. The normalized spacial score (nSPS) is 11.6. The first-order valence-corrected chi connectivity index (χ1v) is 10.3. The zero-order valence-electron chi connectivity index (χ0n) is 16.0. The minimum atomic E-state index is -4.07. The molecular formula is C20H17F2N5O2S. The number of benzene rings is 2. The van der Waals surface area contributed by atoms with Crippen LogP contribution in [-0.4, -0.2) is 37.5 Å². The molecular weight excluding hydrogens is 412 g/mol. The van der Waals surface area contributed by atoms with Crippen LogP contribution in [0.5, 0.6) is 0 Å². The van der Waals surface area contributed by atoms with Crippen LogP contribution in [0.1, 0.15) is 0 Å². The van der Waals surface area contributed by atoms with Gasteiger partial charge in [0.1, 0.15) is 5.65 Å². The molecule has 0 fully saturated rings. The SMILES string of the molecule is CN(C)c1nc(-c2ccc(NS(=O)(=O)c3ccc(F)c(F)c3)cc2)c2cc[nH]c2n1. The number of aromatic amines is 1. The molecule has 7 nitrogen and oxygen atoms in total. The molecule has 0 atom stereocenters. The van der Waals surface area contributed by atoms with Crippen LogP contribution in [0.2, 0.25) is 0 Å². The van der Waals surface area contributed by atoms with Gasteiger partial charge in [-0.15, -0.1) is 0 Å². The Labute approximate surface area is 171 Å². The Balaban J connectivity index is 1.66. The second-order valence-corrected chi connectivity index (χ2v) is 8.45. The van der Waals surface area contributed by atoms with Gasteiger partial charge in [-0.2, -0.15) is 4.98 Å². The maximum absolute atomic E-state index is 13.4. The van der Waals surface area contributed by atoms with Crippen molar-refractivity contribution >= 4 is 32.7 Å². The molecule has 0 spiro atoms. The maximum atomic E-state index is 13.4. The predicted octanol–water partition coefficient (Wildman–Crippen LogP) is 3.77. The number of nitrogens with zero attached hydrogens (tertiary/aromatic N) is 3. The Hall–Kier alpha value is -3.53. The largest absolute Gasteiger partial charge is 0.347 e. The van der Waals surface area contributed by atoms with E-state index in [4.69, 9.17) is 0 Å².